The van der Waals surface area contributed by atoms with E-state index in [0.717, 1.165) is 23.9 Å². The van der Waals surface area contributed by atoms with E-state index in [1.54, 1.807) is 6.07 Å². The zero-order chi connectivity index (χ0) is 9.76. The summed E-state index contributed by atoms with van der Waals surface area (Å²) in [7, 11) is 0. The number of halogens is 1. The molecule has 0 spiro atoms. The Morgan fingerprint density at radius 2 is 2.14 bits per heavy atom. The van der Waals surface area contributed by atoms with Gasteiger partial charge in [-0.25, -0.2) is 4.39 Å². The molecule has 0 unspecified atom stereocenters. The van der Waals surface area contributed by atoms with Gasteiger partial charge in [0, 0.05) is 11.1 Å². The zero-order valence-corrected chi connectivity index (χ0v) is 7.68. The molecule has 3 heteroatoms. The quantitative estimate of drug-likeness (QED) is 0.711. The summed E-state index contributed by atoms with van der Waals surface area (Å²) >= 11 is 0. The molecule has 2 nitrogen and oxygen atoms in total. The average molecular weight is 190 g/mol. The lowest BCUT2D eigenvalue weighted by Gasteiger charge is -2.03. The molecule has 1 aromatic carbocycles. The second kappa shape index (κ2) is 2.36. The summed E-state index contributed by atoms with van der Waals surface area (Å²) in [5.74, 6) is -0.210. The average Bonchev–Trinajstić information content (AvgIpc) is 2.77. The number of para-hydroxylation sites is 1. The van der Waals surface area contributed by atoms with E-state index in [-0.39, 0.29) is 11.4 Å². The van der Waals surface area contributed by atoms with Crippen molar-refractivity contribution in [3.8, 4) is 0 Å². The Morgan fingerprint density at radius 3 is 2.79 bits per heavy atom. The summed E-state index contributed by atoms with van der Waals surface area (Å²) in [6, 6.07) is 7.01. The van der Waals surface area contributed by atoms with Gasteiger partial charge in [0.05, 0.1) is 11.1 Å². The maximum absolute atomic E-state index is 13.3. The van der Waals surface area contributed by atoms with Crippen molar-refractivity contribution in [3.05, 3.63) is 35.8 Å². The molecule has 1 aromatic heterocycles. The van der Waals surface area contributed by atoms with E-state index in [1.807, 2.05) is 12.1 Å². The van der Waals surface area contributed by atoms with Gasteiger partial charge in [0.25, 0.3) is 0 Å². The number of aromatic amines is 1. The molecule has 0 amide bonds. The van der Waals surface area contributed by atoms with Gasteiger partial charge in [-0.2, -0.15) is 0 Å². The van der Waals surface area contributed by atoms with Crippen molar-refractivity contribution in [1.29, 1.82) is 0 Å². The van der Waals surface area contributed by atoms with E-state index in [0.29, 0.717) is 5.52 Å². The van der Waals surface area contributed by atoms with E-state index in [1.165, 1.54) is 6.07 Å². The summed E-state index contributed by atoms with van der Waals surface area (Å²) in [5.41, 5.74) is 7.34. The summed E-state index contributed by atoms with van der Waals surface area (Å²) in [6.45, 7) is 0. The molecule has 0 radical (unpaired) electrons. The standard InChI is InChI=1S/C11H11FN2/c12-8-3-1-2-7-6-9(14-10(7)8)11(13)4-5-11/h1-3,6,14H,4-5,13H2. The molecular formula is C11H11FN2. The molecule has 1 heterocycles. The van der Waals surface area contributed by atoms with Crippen molar-refractivity contribution in [3.63, 3.8) is 0 Å². The zero-order valence-electron chi connectivity index (χ0n) is 7.68. The number of nitrogens with one attached hydrogen (secondary N) is 1. The first-order chi connectivity index (χ1) is 6.69. The van der Waals surface area contributed by atoms with Gasteiger partial charge < -0.3 is 10.7 Å². The van der Waals surface area contributed by atoms with E-state index in [2.05, 4.69) is 4.98 Å². The topological polar surface area (TPSA) is 41.8 Å². The Hall–Kier alpha value is -1.35. The molecule has 1 aliphatic rings. The van der Waals surface area contributed by atoms with Crippen LogP contribution in [0.25, 0.3) is 10.9 Å². The summed E-state index contributed by atoms with van der Waals surface area (Å²) in [4.78, 5) is 3.07. The predicted molar refractivity (Wildman–Crippen MR) is 53.4 cm³/mol. The molecule has 1 fully saturated rings. The highest BCUT2D eigenvalue weighted by Gasteiger charge is 2.41. The van der Waals surface area contributed by atoms with Crippen LogP contribution in [0.15, 0.2) is 24.3 Å². The molecule has 14 heavy (non-hydrogen) atoms. The molecule has 3 rings (SSSR count). The maximum atomic E-state index is 13.3. The first kappa shape index (κ1) is 8.00. The van der Waals surface area contributed by atoms with Crippen molar-refractivity contribution >= 4 is 10.9 Å². The highest BCUT2D eigenvalue weighted by Crippen LogP contribution is 2.43. The van der Waals surface area contributed by atoms with Crippen molar-refractivity contribution < 1.29 is 4.39 Å². The van der Waals surface area contributed by atoms with Gasteiger partial charge >= 0.3 is 0 Å². The van der Waals surface area contributed by atoms with E-state index < -0.39 is 0 Å². The largest absolute Gasteiger partial charge is 0.354 e. The highest BCUT2D eigenvalue weighted by atomic mass is 19.1. The Balaban J connectivity index is 2.25. The molecule has 0 aliphatic heterocycles. The van der Waals surface area contributed by atoms with Crippen molar-refractivity contribution in [2.24, 2.45) is 5.73 Å². The maximum Gasteiger partial charge on any atom is 0.147 e. The number of H-pyrrole nitrogens is 1. The third-order valence-corrected chi connectivity index (χ3v) is 2.93. The van der Waals surface area contributed by atoms with Crippen LogP contribution < -0.4 is 5.73 Å². The molecule has 1 saturated carbocycles. The van der Waals surface area contributed by atoms with E-state index in [4.69, 9.17) is 5.73 Å². The van der Waals surface area contributed by atoms with Crippen molar-refractivity contribution in [1.82, 2.24) is 4.98 Å². The van der Waals surface area contributed by atoms with Crippen LogP contribution in [0, 0.1) is 5.82 Å². The second-order valence-electron chi connectivity index (χ2n) is 4.04. The van der Waals surface area contributed by atoms with Crippen LogP contribution in [-0.4, -0.2) is 4.98 Å². The van der Waals surface area contributed by atoms with Gasteiger partial charge in [0.2, 0.25) is 0 Å². The molecule has 2 aromatic rings. The molecule has 0 bridgehead atoms. The van der Waals surface area contributed by atoms with Gasteiger partial charge in [-0.1, -0.05) is 12.1 Å². The van der Waals surface area contributed by atoms with Crippen LogP contribution in [0.4, 0.5) is 4.39 Å². The number of benzene rings is 1. The minimum Gasteiger partial charge on any atom is -0.354 e. The Kier molecular flexibility index (Phi) is 1.35. The van der Waals surface area contributed by atoms with Crippen LogP contribution in [-0.2, 0) is 5.54 Å². The summed E-state index contributed by atoms with van der Waals surface area (Å²) in [6.07, 6.45) is 1.98. The monoisotopic (exact) mass is 190 g/mol. The number of hydrogen-bond acceptors (Lipinski definition) is 1. The predicted octanol–water partition coefficient (Wildman–Crippen LogP) is 2.25. The van der Waals surface area contributed by atoms with Gasteiger partial charge in [0.15, 0.2) is 0 Å². The number of hydrogen-bond donors (Lipinski definition) is 2. The van der Waals surface area contributed by atoms with Crippen LogP contribution in [0.1, 0.15) is 18.5 Å². The number of fused-ring (bicyclic) bond motifs is 1. The summed E-state index contributed by atoms with van der Waals surface area (Å²) in [5, 5.41) is 0.900. The van der Waals surface area contributed by atoms with E-state index >= 15 is 0 Å². The third kappa shape index (κ3) is 0.990. The normalized spacial score (nSPS) is 18.7. The SMILES string of the molecule is NC1(c2cc3cccc(F)c3[nH]2)CC1. The molecule has 72 valence electrons. The molecule has 0 atom stereocenters. The van der Waals surface area contributed by atoms with Gasteiger partial charge in [-0.3, -0.25) is 0 Å². The fraction of sp³-hybridized carbons (Fsp3) is 0.273. The minimum atomic E-state index is -0.217. The number of nitrogens with two attached hydrogens (primary N) is 1. The third-order valence-electron chi connectivity index (χ3n) is 2.93. The van der Waals surface area contributed by atoms with Crippen molar-refractivity contribution in [2.45, 2.75) is 18.4 Å². The lowest BCUT2D eigenvalue weighted by molar-refractivity contribution is 0.635. The lowest BCUT2D eigenvalue weighted by Crippen LogP contribution is -2.18. The Labute approximate surface area is 80.9 Å². The fourth-order valence-corrected chi connectivity index (χ4v) is 1.79. The first-order valence-corrected chi connectivity index (χ1v) is 4.76. The first-order valence-electron chi connectivity index (χ1n) is 4.76. The molecule has 0 saturated heterocycles. The van der Waals surface area contributed by atoms with Gasteiger partial charge in [-0.15, -0.1) is 0 Å². The number of rotatable bonds is 1. The van der Waals surface area contributed by atoms with Gasteiger partial charge in [0.1, 0.15) is 5.82 Å². The highest BCUT2D eigenvalue weighted by molar-refractivity contribution is 5.81. The van der Waals surface area contributed by atoms with Gasteiger partial charge in [-0.05, 0) is 25.0 Å². The van der Waals surface area contributed by atoms with Crippen LogP contribution in [0.2, 0.25) is 0 Å². The van der Waals surface area contributed by atoms with Crippen LogP contribution in [0.5, 0.6) is 0 Å². The molecule has 3 N–H and O–H groups in total. The van der Waals surface area contributed by atoms with Crippen LogP contribution in [0.3, 0.4) is 0 Å². The Bertz CT molecular complexity index is 497. The smallest absolute Gasteiger partial charge is 0.147 e. The lowest BCUT2D eigenvalue weighted by atomic mass is 10.2. The summed E-state index contributed by atoms with van der Waals surface area (Å²) < 4.78 is 13.3. The fourth-order valence-electron chi connectivity index (χ4n) is 1.79. The number of aromatic nitrogens is 1. The van der Waals surface area contributed by atoms with E-state index in [9.17, 15) is 4.39 Å². The molecular weight excluding hydrogens is 179 g/mol. The van der Waals surface area contributed by atoms with Crippen LogP contribution >= 0.6 is 0 Å². The second-order valence-corrected chi connectivity index (χ2v) is 4.04. The molecule has 1 aliphatic carbocycles. The van der Waals surface area contributed by atoms with Crippen molar-refractivity contribution in [2.75, 3.05) is 0 Å². The minimum absolute atomic E-state index is 0.210. The Morgan fingerprint density at radius 1 is 1.36 bits per heavy atom.